The Morgan fingerprint density at radius 1 is 1.39 bits per heavy atom. The number of aryl methyl sites for hydroxylation is 1. The maximum atomic E-state index is 12.2. The molecule has 2 aromatic rings. The average molecular weight is 405 g/mol. The molecule has 28 heavy (non-hydrogen) atoms. The van der Waals surface area contributed by atoms with E-state index in [4.69, 9.17) is 4.42 Å². The van der Waals surface area contributed by atoms with Crippen molar-refractivity contribution >= 4 is 28.3 Å². The molecule has 1 aliphatic rings. The number of furan rings is 1. The first kappa shape index (κ1) is 20.5. The molecule has 1 atom stereocenters. The van der Waals surface area contributed by atoms with Crippen molar-refractivity contribution in [1.82, 2.24) is 15.2 Å². The number of nitrogens with zero attached hydrogens (tertiary/aromatic N) is 2. The first-order chi connectivity index (χ1) is 13.4. The minimum Gasteiger partial charge on any atom is -0.469 e. The van der Waals surface area contributed by atoms with Crippen LogP contribution in [0.25, 0.3) is 0 Å². The van der Waals surface area contributed by atoms with Gasteiger partial charge in [0.25, 0.3) is 5.91 Å². The van der Waals surface area contributed by atoms with Gasteiger partial charge in [-0.15, -0.1) is 11.3 Å². The smallest absolute Gasteiger partial charge is 0.260 e. The van der Waals surface area contributed by atoms with Gasteiger partial charge in [0, 0.05) is 18.0 Å². The van der Waals surface area contributed by atoms with E-state index in [1.165, 1.54) is 30.4 Å². The zero-order valence-corrected chi connectivity index (χ0v) is 17.5. The third kappa shape index (κ3) is 5.42. The minimum absolute atomic E-state index is 0.0499. The third-order valence-corrected chi connectivity index (χ3v) is 6.06. The summed E-state index contributed by atoms with van der Waals surface area (Å²) in [6.45, 7) is 9.03. The molecule has 0 aliphatic carbocycles. The number of hydrogen-bond donors (Lipinski definition) is 2. The van der Waals surface area contributed by atoms with Crippen LogP contribution in [0, 0.1) is 12.8 Å². The van der Waals surface area contributed by atoms with Crippen molar-refractivity contribution in [1.29, 1.82) is 0 Å². The summed E-state index contributed by atoms with van der Waals surface area (Å²) in [6.07, 6.45) is 4.14. The lowest BCUT2D eigenvalue weighted by Gasteiger charge is -2.35. The zero-order valence-electron chi connectivity index (χ0n) is 16.7. The summed E-state index contributed by atoms with van der Waals surface area (Å²) >= 11 is 1.31. The molecule has 1 fully saturated rings. The Balaban J connectivity index is 1.43. The maximum absolute atomic E-state index is 12.2. The summed E-state index contributed by atoms with van der Waals surface area (Å²) in [7, 11) is 0. The fraction of sp³-hybridized carbons (Fsp3) is 0.550. The van der Waals surface area contributed by atoms with E-state index in [1.807, 2.05) is 0 Å². The molecule has 0 radical (unpaired) electrons. The molecule has 0 spiro atoms. The van der Waals surface area contributed by atoms with E-state index in [2.05, 4.69) is 34.4 Å². The summed E-state index contributed by atoms with van der Waals surface area (Å²) in [5, 5.41) is 8.02. The fourth-order valence-corrected chi connectivity index (χ4v) is 4.02. The van der Waals surface area contributed by atoms with Gasteiger partial charge in [-0.3, -0.25) is 19.8 Å². The molecule has 1 unspecified atom stereocenters. The number of likely N-dealkylation sites (tertiary alicyclic amines) is 1. The van der Waals surface area contributed by atoms with Crippen LogP contribution in [0.15, 0.2) is 22.1 Å². The molecule has 3 heterocycles. The molecule has 8 heteroatoms. The Bertz CT molecular complexity index is 808. The van der Waals surface area contributed by atoms with Crippen molar-refractivity contribution in [2.75, 3.05) is 25.0 Å². The van der Waals surface area contributed by atoms with Gasteiger partial charge in [-0.05, 0) is 51.8 Å². The van der Waals surface area contributed by atoms with Crippen LogP contribution in [-0.2, 0) is 11.2 Å². The number of aromatic nitrogens is 1. The van der Waals surface area contributed by atoms with Crippen LogP contribution in [0.5, 0.6) is 0 Å². The second-order valence-corrected chi connectivity index (χ2v) is 8.40. The zero-order chi connectivity index (χ0) is 20.1. The first-order valence-corrected chi connectivity index (χ1v) is 10.6. The predicted octanol–water partition coefficient (Wildman–Crippen LogP) is 3.08. The number of amides is 2. The number of thiazole rings is 1. The molecular weight excluding hydrogens is 376 g/mol. The van der Waals surface area contributed by atoms with Gasteiger partial charge in [0.1, 0.15) is 5.76 Å². The molecule has 3 rings (SSSR count). The van der Waals surface area contributed by atoms with Gasteiger partial charge in [0.05, 0.1) is 23.9 Å². The van der Waals surface area contributed by atoms with Crippen LogP contribution in [0.1, 0.15) is 48.5 Å². The van der Waals surface area contributed by atoms with E-state index in [0.717, 1.165) is 19.0 Å². The third-order valence-electron chi connectivity index (χ3n) is 5.25. The number of anilines is 1. The molecule has 7 nitrogen and oxygen atoms in total. The summed E-state index contributed by atoms with van der Waals surface area (Å²) in [5.74, 6) is 1.05. The lowest BCUT2D eigenvalue weighted by Crippen LogP contribution is -2.45. The van der Waals surface area contributed by atoms with E-state index < -0.39 is 0 Å². The molecule has 2 N–H and O–H groups in total. The topological polar surface area (TPSA) is 87.5 Å². The van der Waals surface area contributed by atoms with E-state index in [9.17, 15) is 9.59 Å². The molecule has 0 bridgehead atoms. The molecule has 152 valence electrons. The highest BCUT2D eigenvalue weighted by Gasteiger charge is 2.21. The Morgan fingerprint density at radius 3 is 2.82 bits per heavy atom. The standard InChI is InChI=1S/C20H28N4O3S/c1-13-4-7-24(8-5-13)14(2)11-21-18(25)10-16-12-28-20(22-16)23-19(26)17-6-9-27-15(17)3/h6,9,12-14H,4-5,7-8,10-11H2,1-3H3,(H,21,25)(H,22,23,26). The monoisotopic (exact) mass is 404 g/mol. The van der Waals surface area contributed by atoms with E-state index >= 15 is 0 Å². The quantitative estimate of drug-likeness (QED) is 0.740. The fourth-order valence-electron chi connectivity index (χ4n) is 3.32. The number of nitrogens with one attached hydrogen (secondary N) is 2. The van der Waals surface area contributed by atoms with E-state index in [-0.39, 0.29) is 18.2 Å². The van der Waals surface area contributed by atoms with Crippen molar-refractivity contribution in [3.05, 3.63) is 34.7 Å². The second-order valence-electron chi connectivity index (χ2n) is 7.54. The van der Waals surface area contributed by atoms with E-state index in [0.29, 0.717) is 34.7 Å². The molecule has 2 aromatic heterocycles. The highest BCUT2D eigenvalue weighted by atomic mass is 32.1. The van der Waals surface area contributed by atoms with Gasteiger partial charge in [0.15, 0.2) is 5.13 Å². The maximum Gasteiger partial charge on any atom is 0.260 e. The van der Waals surface area contributed by atoms with Crippen LogP contribution >= 0.6 is 11.3 Å². The number of piperidine rings is 1. The molecule has 1 aliphatic heterocycles. The Morgan fingerprint density at radius 2 is 2.14 bits per heavy atom. The highest BCUT2D eigenvalue weighted by molar-refractivity contribution is 7.14. The molecule has 0 aromatic carbocycles. The summed E-state index contributed by atoms with van der Waals surface area (Å²) in [6, 6.07) is 1.96. The largest absolute Gasteiger partial charge is 0.469 e. The van der Waals surface area contributed by atoms with Gasteiger partial charge in [-0.2, -0.15) is 0 Å². The predicted molar refractivity (Wildman–Crippen MR) is 110 cm³/mol. The van der Waals surface area contributed by atoms with Gasteiger partial charge < -0.3 is 9.73 Å². The van der Waals surface area contributed by atoms with Crippen LogP contribution in [0.2, 0.25) is 0 Å². The normalized spacial score (nSPS) is 16.7. The number of rotatable bonds is 7. The first-order valence-electron chi connectivity index (χ1n) is 9.73. The number of hydrogen-bond acceptors (Lipinski definition) is 6. The summed E-state index contributed by atoms with van der Waals surface area (Å²) in [4.78, 5) is 31.2. The van der Waals surface area contributed by atoms with Crippen molar-refractivity contribution in [2.24, 2.45) is 5.92 Å². The van der Waals surface area contributed by atoms with Gasteiger partial charge in [-0.25, -0.2) is 4.98 Å². The van der Waals surface area contributed by atoms with Crippen LogP contribution in [0.4, 0.5) is 5.13 Å². The highest BCUT2D eigenvalue weighted by Crippen LogP contribution is 2.19. The average Bonchev–Trinajstić information content (AvgIpc) is 3.29. The number of carbonyl (C=O) groups is 2. The lowest BCUT2D eigenvalue weighted by molar-refractivity contribution is -0.120. The Labute approximate surface area is 169 Å². The van der Waals surface area contributed by atoms with Crippen molar-refractivity contribution in [3.8, 4) is 0 Å². The van der Waals surface area contributed by atoms with Crippen molar-refractivity contribution in [2.45, 2.75) is 46.1 Å². The van der Waals surface area contributed by atoms with Crippen molar-refractivity contribution < 1.29 is 14.0 Å². The lowest BCUT2D eigenvalue weighted by atomic mass is 9.98. The summed E-state index contributed by atoms with van der Waals surface area (Å²) in [5.41, 5.74) is 1.14. The van der Waals surface area contributed by atoms with Crippen LogP contribution in [-0.4, -0.2) is 47.4 Å². The molecule has 0 saturated carbocycles. The van der Waals surface area contributed by atoms with Crippen LogP contribution in [0.3, 0.4) is 0 Å². The molecular formula is C20H28N4O3S. The minimum atomic E-state index is -0.263. The van der Waals surface area contributed by atoms with Gasteiger partial charge >= 0.3 is 0 Å². The molecule has 1 saturated heterocycles. The van der Waals surface area contributed by atoms with Gasteiger partial charge in [0.2, 0.25) is 5.91 Å². The Hall–Kier alpha value is -2.19. The SMILES string of the molecule is Cc1occc1C(=O)Nc1nc(CC(=O)NCC(C)N2CCC(C)CC2)cs1. The van der Waals surface area contributed by atoms with Crippen molar-refractivity contribution in [3.63, 3.8) is 0 Å². The second kappa shape index (κ2) is 9.34. The Kier molecular flexibility index (Phi) is 6.85. The van der Waals surface area contributed by atoms with Gasteiger partial charge in [-0.1, -0.05) is 6.92 Å². The van der Waals surface area contributed by atoms with Crippen LogP contribution < -0.4 is 10.6 Å². The summed E-state index contributed by atoms with van der Waals surface area (Å²) < 4.78 is 5.14. The van der Waals surface area contributed by atoms with E-state index in [1.54, 1.807) is 18.4 Å². The number of carbonyl (C=O) groups excluding carboxylic acids is 2. The molecule has 2 amide bonds.